The van der Waals surface area contributed by atoms with Crippen molar-refractivity contribution in [1.29, 1.82) is 0 Å². The molecule has 0 heterocycles. The fourth-order valence-corrected chi connectivity index (χ4v) is 1.02. The van der Waals surface area contributed by atoms with Crippen molar-refractivity contribution in [2.24, 2.45) is 0 Å². The monoisotopic (exact) mass is 145 g/mol. The number of hydrogen-bond acceptors (Lipinski definition) is 1. The molecule has 0 radical (unpaired) electrons. The predicted molar refractivity (Wildman–Crippen MR) is 46.7 cm³/mol. The number of hydrogen-bond donors (Lipinski definition) is 0. The zero-order valence-corrected chi connectivity index (χ0v) is 9.15. The van der Waals surface area contributed by atoms with Gasteiger partial charge < -0.3 is 4.57 Å². The average Bonchev–Trinajstić information content (AvgIpc) is 1.82. The molecule has 0 amide bonds. The van der Waals surface area contributed by atoms with E-state index >= 15 is 0 Å². The SMILES string of the molecule is CCCCC(C)N(C)[SiH3]. The van der Waals surface area contributed by atoms with Crippen molar-refractivity contribution in [3.63, 3.8) is 0 Å². The van der Waals surface area contributed by atoms with Crippen LogP contribution in [0.3, 0.4) is 0 Å². The quantitative estimate of drug-likeness (QED) is 0.528. The molecule has 0 N–H and O–H groups in total. The number of nitrogens with zero attached hydrogens (tertiary/aromatic N) is 1. The summed E-state index contributed by atoms with van der Waals surface area (Å²) in [6, 6.07) is 0.816. The zero-order chi connectivity index (χ0) is 7.28. The van der Waals surface area contributed by atoms with Crippen molar-refractivity contribution in [2.45, 2.75) is 39.2 Å². The normalized spacial score (nSPS) is 14.7. The average molecular weight is 145 g/mol. The minimum absolute atomic E-state index is 0.816. The maximum atomic E-state index is 2.41. The molecule has 0 spiro atoms. The van der Waals surface area contributed by atoms with Gasteiger partial charge in [-0.1, -0.05) is 26.7 Å². The lowest BCUT2D eigenvalue weighted by atomic mass is 10.1. The molecule has 56 valence electrons. The molecule has 0 bridgehead atoms. The van der Waals surface area contributed by atoms with Crippen molar-refractivity contribution in [2.75, 3.05) is 7.05 Å². The minimum atomic E-state index is 0.816. The van der Waals surface area contributed by atoms with Gasteiger partial charge in [0.25, 0.3) is 0 Å². The summed E-state index contributed by atoms with van der Waals surface area (Å²) >= 11 is 0. The van der Waals surface area contributed by atoms with E-state index in [-0.39, 0.29) is 0 Å². The summed E-state index contributed by atoms with van der Waals surface area (Å²) < 4.78 is 2.41. The largest absolute Gasteiger partial charge is 0.332 e. The van der Waals surface area contributed by atoms with Crippen LogP contribution in [0, 0.1) is 0 Å². The van der Waals surface area contributed by atoms with Crippen LogP contribution < -0.4 is 0 Å². The zero-order valence-electron chi connectivity index (χ0n) is 7.15. The van der Waals surface area contributed by atoms with E-state index in [1.54, 1.807) is 0 Å². The van der Waals surface area contributed by atoms with E-state index in [0.29, 0.717) is 0 Å². The highest BCUT2D eigenvalue weighted by Gasteiger charge is 2.00. The van der Waals surface area contributed by atoms with E-state index in [2.05, 4.69) is 25.5 Å². The smallest absolute Gasteiger partial charge is 0.0784 e. The Morgan fingerprint density at radius 3 is 2.44 bits per heavy atom. The molecule has 0 aliphatic carbocycles. The summed E-state index contributed by atoms with van der Waals surface area (Å²) in [4.78, 5) is 0. The van der Waals surface area contributed by atoms with Crippen molar-refractivity contribution in [3.8, 4) is 0 Å². The Kier molecular flexibility index (Phi) is 5.10. The second-order valence-electron chi connectivity index (χ2n) is 2.95. The van der Waals surface area contributed by atoms with Crippen LogP contribution >= 0.6 is 0 Å². The van der Waals surface area contributed by atoms with Crippen molar-refractivity contribution >= 4 is 10.4 Å². The minimum Gasteiger partial charge on any atom is -0.332 e. The van der Waals surface area contributed by atoms with Gasteiger partial charge >= 0.3 is 0 Å². The molecular weight excluding hydrogens is 126 g/mol. The molecule has 0 aromatic carbocycles. The van der Waals surface area contributed by atoms with Gasteiger partial charge in [-0.15, -0.1) is 0 Å². The second-order valence-corrected chi connectivity index (χ2v) is 4.37. The van der Waals surface area contributed by atoms with E-state index in [1.807, 2.05) is 0 Å². The fraction of sp³-hybridized carbons (Fsp3) is 1.00. The van der Waals surface area contributed by atoms with Crippen LogP contribution in [0.5, 0.6) is 0 Å². The second kappa shape index (κ2) is 5.00. The lowest BCUT2D eigenvalue weighted by molar-refractivity contribution is 0.387. The molecule has 9 heavy (non-hydrogen) atoms. The summed E-state index contributed by atoms with van der Waals surface area (Å²) in [6.07, 6.45) is 4.09. The molecule has 1 nitrogen and oxygen atoms in total. The molecular formula is C7H19NSi. The Balaban J connectivity index is 3.16. The Hall–Kier alpha value is 0.177. The maximum Gasteiger partial charge on any atom is 0.0784 e. The molecule has 0 fully saturated rings. The van der Waals surface area contributed by atoms with Gasteiger partial charge in [-0.3, -0.25) is 0 Å². The van der Waals surface area contributed by atoms with Crippen molar-refractivity contribution < 1.29 is 0 Å². The Bertz CT molecular complexity index is 63.9. The van der Waals surface area contributed by atoms with Crippen LogP contribution in [0.25, 0.3) is 0 Å². The van der Waals surface area contributed by atoms with Crippen LogP contribution in [0.4, 0.5) is 0 Å². The predicted octanol–water partition coefficient (Wildman–Crippen LogP) is 0.777. The highest BCUT2D eigenvalue weighted by molar-refractivity contribution is 6.04. The molecule has 0 aromatic rings. The Morgan fingerprint density at radius 1 is 1.56 bits per heavy atom. The van der Waals surface area contributed by atoms with E-state index in [0.717, 1.165) is 6.04 Å². The molecule has 2 heteroatoms. The van der Waals surface area contributed by atoms with E-state index in [1.165, 1.54) is 29.7 Å². The van der Waals surface area contributed by atoms with Gasteiger partial charge in [-0.2, -0.15) is 0 Å². The van der Waals surface area contributed by atoms with Gasteiger partial charge in [0.1, 0.15) is 0 Å². The first-order chi connectivity index (χ1) is 4.18. The third kappa shape index (κ3) is 4.67. The Morgan fingerprint density at radius 2 is 2.11 bits per heavy atom. The van der Waals surface area contributed by atoms with Gasteiger partial charge in [-0.25, -0.2) is 0 Å². The van der Waals surface area contributed by atoms with Crippen LogP contribution in [0.15, 0.2) is 0 Å². The van der Waals surface area contributed by atoms with Crippen LogP contribution in [0.1, 0.15) is 33.1 Å². The highest BCUT2D eigenvalue weighted by atomic mass is 28.2. The van der Waals surface area contributed by atoms with Crippen molar-refractivity contribution in [1.82, 2.24) is 4.57 Å². The topological polar surface area (TPSA) is 3.24 Å². The first kappa shape index (κ1) is 9.18. The molecule has 0 saturated carbocycles. The first-order valence-electron chi connectivity index (χ1n) is 3.85. The van der Waals surface area contributed by atoms with E-state index < -0.39 is 0 Å². The van der Waals surface area contributed by atoms with Crippen LogP contribution in [0.2, 0.25) is 0 Å². The molecule has 0 aromatic heterocycles. The molecule has 0 aliphatic rings. The van der Waals surface area contributed by atoms with Gasteiger partial charge in [0.2, 0.25) is 0 Å². The highest BCUT2D eigenvalue weighted by Crippen LogP contribution is 2.02. The molecule has 0 aliphatic heterocycles. The van der Waals surface area contributed by atoms with Crippen LogP contribution in [-0.4, -0.2) is 28.1 Å². The summed E-state index contributed by atoms with van der Waals surface area (Å²) in [7, 11) is 3.40. The van der Waals surface area contributed by atoms with E-state index in [4.69, 9.17) is 0 Å². The lowest BCUT2D eigenvalue weighted by Gasteiger charge is -2.19. The molecule has 1 atom stereocenters. The fourth-order valence-electron chi connectivity index (χ4n) is 0.758. The lowest BCUT2D eigenvalue weighted by Crippen LogP contribution is -2.25. The maximum absolute atomic E-state index is 2.41. The van der Waals surface area contributed by atoms with E-state index in [9.17, 15) is 0 Å². The van der Waals surface area contributed by atoms with Gasteiger partial charge in [0, 0.05) is 0 Å². The van der Waals surface area contributed by atoms with Crippen molar-refractivity contribution in [3.05, 3.63) is 0 Å². The van der Waals surface area contributed by atoms with Gasteiger partial charge in [0.05, 0.1) is 10.4 Å². The summed E-state index contributed by atoms with van der Waals surface area (Å²) in [5.41, 5.74) is 0. The third-order valence-corrected chi connectivity index (χ3v) is 2.74. The first-order valence-corrected chi connectivity index (χ1v) is 4.74. The number of rotatable bonds is 4. The molecule has 0 rings (SSSR count). The third-order valence-electron chi connectivity index (χ3n) is 1.86. The number of unbranched alkanes of at least 4 members (excludes halogenated alkanes) is 1. The van der Waals surface area contributed by atoms with Crippen LogP contribution in [-0.2, 0) is 0 Å². The summed E-state index contributed by atoms with van der Waals surface area (Å²) in [5, 5.41) is 0. The summed E-state index contributed by atoms with van der Waals surface area (Å²) in [5.74, 6) is 0. The van der Waals surface area contributed by atoms with Gasteiger partial charge in [0.15, 0.2) is 0 Å². The summed E-state index contributed by atoms with van der Waals surface area (Å²) in [6.45, 7) is 4.56. The van der Waals surface area contributed by atoms with Gasteiger partial charge in [-0.05, 0) is 19.5 Å². The molecule has 1 unspecified atom stereocenters. The molecule has 0 saturated heterocycles. The Labute approximate surface area is 61.9 Å². The standard InChI is InChI=1S/C7H19NSi/c1-4-5-6-7(2)8(3)9/h7H,4-6H2,1-3,9H3.